The Morgan fingerprint density at radius 3 is 2.18 bits per heavy atom. The summed E-state index contributed by atoms with van der Waals surface area (Å²) in [6.07, 6.45) is 8.31. The molecule has 2 heterocycles. The van der Waals surface area contributed by atoms with Gasteiger partial charge in [0.2, 0.25) is 0 Å². The third kappa shape index (κ3) is 2.25. The summed E-state index contributed by atoms with van der Waals surface area (Å²) in [6.45, 7) is 2.24. The molecular formula is C17H27N3O2. The number of carbonyl (C=O) groups is 2. The first-order valence-corrected chi connectivity index (χ1v) is 9.00. The van der Waals surface area contributed by atoms with Gasteiger partial charge in [0.25, 0.3) is 0 Å². The van der Waals surface area contributed by atoms with Crippen LogP contribution < -0.4 is 5.73 Å². The number of hydrogen-bond donors (Lipinski definition) is 1. The van der Waals surface area contributed by atoms with Crippen molar-refractivity contribution < 1.29 is 9.59 Å². The van der Waals surface area contributed by atoms with Gasteiger partial charge in [-0.15, -0.1) is 0 Å². The fourth-order valence-electron chi connectivity index (χ4n) is 5.03. The van der Waals surface area contributed by atoms with E-state index in [1.807, 2.05) is 4.90 Å². The first-order chi connectivity index (χ1) is 10.6. The lowest BCUT2D eigenvalue weighted by atomic mass is 9.73. The molecule has 2 aliphatic carbocycles. The van der Waals surface area contributed by atoms with Crippen molar-refractivity contribution in [1.29, 1.82) is 0 Å². The smallest absolute Gasteiger partial charge is 0.312 e. The Hall–Kier alpha value is -1.10. The average molecular weight is 305 g/mol. The largest absolute Gasteiger partial charge is 0.334 e. The van der Waals surface area contributed by atoms with Gasteiger partial charge in [-0.25, -0.2) is 0 Å². The van der Waals surface area contributed by atoms with Crippen LogP contribution in [0.2, 0.25) is 0 Å². The molecule has 2 aliphatic heterocycles. The van der Waals surface area contributed by atoms with Gasteiger partial charge in [0.15, 0.2) is 0 Å². The molecule has 5 heteroatoms. The third-order valence-electron chi connectivity index (χ3n) is 6.66. The molecule has 4 atom stereocenters. The van der Waals surface area contributed by atoms with Crippen LogP contribution in [0.4, 0.5) is 0 Å². The highest BCUT2D eigenvalue weighted by atomic mass is 16.2. The first-order valence-electron chi connectivity index (χ1n) is 9.00. The Labute approximate surface area is 132 Å². The Morgan fingerprint density at radius 2 is 1.59 bits per heavy atom. The van der Waals surface area contributed by atoms with Gasteiger partial charge in [0.05, 0.1) is 0 Å². The molecular weight excluding hydrogens is 278 g/mol. The fraction of sp³-hybridized carbons (Fsp3) is 0.882. The third-order valence-corrected chi connectivity index (χ3v) is 6.66. The van der Waals surface area contributed by atoms with Gasteiger partial charge in [-0.1, -0.05) is 19.3 Å². The summed E-state index contributed by atoms with van der Waals surface area (Å²) in [4.78, 5) is 28.9. The number of hydrogen-bond acceptors (Lipinski definition) is 3. The number of carbonyl (C=O) groups excluding carboxylic acids is 2. The van der Waals surface area contributed by atoms with E-state index in [4.69, 9.17) is 5.73 Å². The monoisotopic (exact) mass is 305 g/mol. The second-order valence-corrected chi connectivity index (χ2v) is 7.78. The molecule has 2 amide bonds. The summed E-state index contributed by atoms with van der Waals surface area (Å²) in [6, 6.07) is 0.189. The summed E-state index contributed by atoms with van der Waals surface area (Å²) in [5.74, 6) is 1.25. The highest BCUT2D eigenvalue weighted by Gasteiger charge is 2.48. The van der Waals surface area contributed by atoms with Gasteiger partial charge in [0.1, 0.15) is 0 Å². The predicted molar refractivity (Wildman–Crippen MR) is 82.8 cm³/mol. The van der Waals surface area contributed by atoms with Crippen molar-refractivity contribution in [2.24, 2.45) is 23.5 Å². The SMILES string of the molecule is N[C@@H]1[C@@H]2CC[C@H]1N(C(=O)C(=O)N1CCCC(C3CCC3)C1)C2. The molecule has 122 valence electrons. The highest BCUT2D eigenvalue weighted by molar-refractivity contribution is 6.35. The van der Waals surface area contributed by atoms with Crippen LogP contribution in [-0.4, -0.2) is 53.3 Å². The van der Waals surface area contributed by atoms with Gasteiger partial charge in [-0.05, 0) is 43.4 Å². The summed E-state index contributed by atoms with van der Waals surface area (Å²) in [7, 11) is 0. The molecule has 2 N–H and O–H groups in total. The van der Waals surface area contributed by atoms with Crippen LogP contribution in [0.25, 0.3) is 0 Å². The van der Waals surface area contributed by atoms with Crippen molar-refractivity contribution in [2.45, 2.75) is 57.0 Å². The number of amides is 2. The number of rotatable bonds is 1. The van der Waals surface area contributed by atoms with Gasteiger partial charge >= 0.3 is 11.8 Å². The van der Waals surface area contributed by atoms with Crippen molar-refractivity contribution in [3.63, 3.8) is 0 Å². The maximum absolute atomic E-state index is 12.6. The summed E-state index contributed by atoms with van der Waals surface area (Å²) >= 11 is 0. The van der Waals surface area contributed by atoms with E-state index in [9.17, 15) is 9.59 Å². The van der Waals surface area contributed by atoms with Crippen LogP contribution in [0.15, 0.2) is 0 Å². The first kappa shape index (κ1) is 14.5. The summed E-state index contributed by atoms with van der Waals surface area (Å²) < 4.78 is 0. The lowest BCUT2D eigenvalue weighted by Crippen LogP contribution is -2.52. The molecule has 1 unspecified atom stereocenters. The highest BCUT2D eigenvalue weighted by Crippen LogP contribution is 2.39. The second-order valence-electron chi connectivity index (χ2n) is 7.78. The molecule has 2 saturated carbocycles. The molecule has 2 saturated heterocycles. The Balaban J connectivity index is 1.39. The van der Waals surface area contributed by atoms with E-state index < -0.39 is 0 Å². The lowest BCUT2D eigenvalue weighted by molar-refractivity contribution is -0.154. The predicted octanol–water partition coefficient (Wildman–Crippen LogP) is 0.973. The number of nitrogens with zero attached hydrogens (tertiary/aromatic N) is 2. The van der Waals surface area contributed by atoms with Gasteiger partial charge in [0, 0.05) is 31.7 Å². The molecule has 0 aromatic rings. The van der Waals surface area contributed by atoms with E-state index >= 15 is 0 Å². The van der Waals surface area contributed by atoms with E-state index in [0.29, 0.717) is 18.4 Å². The normalized spacial score (nSPS) is 38.2. The average Bonchev–Trinajstić information content (AvgIpc) is 2.99. The fourth-order valence-corrected chi connectivity index (χ4v) is 5.03. The minimum atomic E-state index is -0.295. The molecule has 0 aromatic carbocycles. The number of likely N-dealkylation sites (tertiary alicyclic amines) is 2. The van der Waals surface area contributed by atoms with Crippen LogP contribution >= 0.6 is 0 Å². The van der Waals surface area contributed by atoms with Crippen LogP contribution in [0.5, 0.6) is 0 Å². The molecule has 0 radical (unpaired) electrons. The maximum atomic E-state index is 12.6. The second kappa shape index (κ2) is 5.52. The van der Waals surface area contributed by atoms with E-state index in [0.717, 1.165) is 38.3 Å². The number of fused-ring (bicyclic) bond motifs is 2. The Bertz CT molecular complexity index is 477. The quantitative estimate of drug-likeness (QED) is 0.734. The molecule has 4 fully saturated rings. The number of piperidine rings is 2. The summed E-state index contributed by atoms with van der Waals surface area (Å²) in [5, 5.41) is 0. The minimum absolute atomic E-state index is 0.0841. The van der Waals surface area contributed by atoms with Crippen LogP contribution in [-0.2, 0) is 9.59 Å². The van der Waals surface area contributed by atoms with Crippen molar-refractivity contribution in [1.82, 2.24) is 9.80 Å². The summed E-state index contributed by atoms with van der Waals surface area (Å²) in [5.41, 5.74) is 6.16. The topological polar surface area (TPSA) is 66.6 Å². The van der Waals surface area contributed by atoms with Crippen molar-refractivity contribution in [3.8, 4) is 0 Å². The van der Waals surface area contributed by atoms with Crippen molar-refractivity contribution in [3.05, 3.63) is 0 Å². The Kier molecular flexibility index (Phi) is 3.63. The van der Waals surface area contributed by atoms with Crippen LogP contribution in [0.3, 0.4) is 0 Å². The van der Waals surface area contributed by atoms with Crippen LogP contribution in [0.1, 0.15) is 44.9 Å². The zero-order valence-electron chi connectivity index (χ0n) is 13.2. The van der Waals surface area contributed by atoms with Gasteiger partial charge in [-0.2, -0.15) is 0 Å². The minimum Gasteiger partial charge on any atom is -0.334 e. The van der Waals surface area contributed by atoms with Gasteiger partial charge < -0.3 is 15.5 Å². The van der Waals surface area contributed by atoms with E-state index in [1.165, 1.54) is 25.7 Å². The zero-order valence-corrected chi connectivity index (χ0v) is 13.2. The van der Waals surface area contributed by atoms with Crippen LogP contribution in [0, 0.1) is 17.8 Å². The molecule has 4 rings (SSSR count). The number of nitrogens with two attached hydrogens (primary N) is 1. The van der Waals surface area contributed by atoms with Gasteiger partial charge in [-0.3, -0.25) is 9.59 Å². The molecule has 5 nitrogen and oxygen atoms in total. The maximum Gasteiger partial charge on any atom is 0.312 e. The Morgan fingerprint density at radius 1 is 0.818 bits per heavy atom. The standard InChI is InChI=1S/C17H27N3O2/c18-15-13-6-7-14(15)20(10-13)17(22)16(21)19-8-2-5-12(9-19)11-3-1-4-11/h11-15H,1-10,18H2/t12?,13-,14-,15-/m1/s1. The van der Waals surface area contributed by atoms with E-state index in [-0.39, 0.29) is 23.9 Å². The molecule has 4 aliphatic rings. The molecule has 0 aromatic heterocycles. The molecule has 22 heavy (non-hydrogen) atoms. The van der Waals surface area contributed by atoms with Crippen molar-refractivity contribution in [2.75, 3.05) is 19.6 Å². The zero-order chi connectivity index (χ0) is 15.3. The van der Waals surface area contributed by atoms with E-state index in [2.05, 4.69) is 0 Å². The van der Waals surface area contributed by atoms with E-state index in [1.54, 1.807) is 4.90 Å². The molecule has 0 spiro atoms. The molecule has 2 bridgehead atoms. The van der Waals surface area contributed by atoms with Crippen molar-refractivity contribution >= 4 is 11.8 Å². The lowest BCUT2D eigenvalue weighted by Gasteiger charge is -2.41.